The predicted molar refractivity (Wildman–Crippen MR) is 113 cm³/mol. The summed E-state index contributed by atoms with van der Waals surface area (Å²) in [5.74, 6) is -1.91. The van der Waals surface area contributed by atoms with Gasteiger partial charge in [-0.3, -0.25) is 14.4 Å². The second kappa shape index (κ2) is 10.2. The van der Waals surface area contributed by atoms with Gasteiger partial charge in [0.05, 0.1) is 25.4 Å². The molecule has 31 heavy (non-hydrogen) atoms. The van der Waals surface area contributed by atoms with Gasteiger partial charge >= 0.3 is 0 Å². The lowest BCUT2D eigenvalue weighted by Crippen LogP contribution is -2.47. The summed E-state index contributed by atoms with van der Waals surface area (Å²) >= 11 is 0. The number of nitrogens with zero attached hydrogens (tertiary/aromatic N) is 1. The summed E-state index contributed by atoms with van der Waals surface area (Å²) in [6.07, 6.45) is 1.02. The molecule has 0 aliphatic carbocycles. The Hall–Kier alpha value is -2.56. The molecule has 0 spiro atoms. The van der Waals surface area contributed by atoms with E-state index in [0.717, 1.165) is 17.9 Å². The van der Waals surface area contributed by atoms with Crippen LogP contribution in [0.2, 0.25) is 0 Å². The first-order chi connectivity index (χ1) is 14.7. The van der Waals surface area contributed by atoms with Gasteiger partial charge in [-0.25, -0.2) is 17.2 Å². The molecule has 0 saturated carbocycles. The van der Waals surface area contributed by atoms with Gasteiger partial charge in [-0.15, -0.1) is 0 Å². The number of halogens is 2. The molecule has 7 nitrogen and oxygen atoms in total. The summed E-state index contributed by atoms with van der Waals surface area (Å²) in [5, 5.41) is 2.84. The maximum atomic E-state index is 13.4. The van der Waals surface area contributed by atoms with Gasteiger partial charge < -0.3 is 10.1 Å². The molecule has 1 saturated heterocycles. The van der Waals surface area contributed by atoms with Gasteiger partial charge in [0.15, 0.2) is 11.6 Å². The molecule has 0 aromatic heterocycles. The number of carbonyl (C=O) groups excluding carboxylic acids is 1. The summed E-state index contributed by atoms with van der Waals surface area (Å²) in [7, 11) is -3.35. The zero-order valence-electron chi connectivity index (χ0n) is 17.1. The number of anilines is 1. The number of benzene rings is 2. The van der Waals surface area contributed by atoms with Crippen LogP contribution in [0.15, 0.2) is 42.5 Å². The van der Waals surface area contributed by atoms with E-state index in [1.807, 2.05) is 0 Å². The average Bonchev–Trinajstić information content (AvgIpc) is 2.70. The molecule has 168 valence electrons. The zero-order chi connectivity index (χ0) is 22.4. The number of hydrogen-bond donors (Lipinski definition) is 2. The van der Waals surface area contributed by atoms with Crippen molar-refractivity contribution in [2.45, 2.75) is 19.1 Å². The predicted octanol–water partition coefficient (Wildman–Crippen LogP) is 1.90. The van der Waals surface area contributed by atoms with E-state index in [1.54, 1.807) is 30.3 Å². The Bertz CT molecular complexity index is 1020. The number of rotatable bonds is 8. The quantitative estimate of drug-likeness (QED) is 0.638. The lowest BCUT2D eigenvalue weighted by Gasteiger charge is -2.33. The highest BCUT2D eigenvalue weighted by atomic mass is 32.2. The van der Waals surface area contributed by atoms with Crippen molar-refractivity contribution in [3.05, 3.63) is 65.2 Å². The Morgan fingerprint density at radius 1 is 1.13 bits per heavy atom. The van der Waals surface area contributed by atoms with E-state index < -0.39 is 21.7 Å². The van der Waals surface area contributed by atoms with E-state index in [1.165, 1.54) is 6.07 Å². The third kappa shape index (κ3) is 7.57. The van der Waals surface area contributed by atoms with Crippen molar-refractivity contribution in [2.24, 2.45) is 0 Å². The third-order valence-electron chi connectivity index (χ3n) is 4.76. The summed E-state index contributed by atoms with van der Waals surface area (Å²) in [4.78, 5) is 14.3. The van der Waals surface area contributed by atoms with Crippen LogP contribution in [-0.4, -0.2) is 57.8 Å². The van der Waals surface area contributed by atoms with Gasteiger partial charge in [0.25, 0.3) is 0 Å². The van der Waals surface area contributed by atoms with Crippen molar-refractivity contribution in [3.63, 3.8) is 0 Å². The second-order valence-corrected chi connectivity index (χ2v) is 9.28. The van der Waals surface area contributed by atoms with E-state index in [4.69, 9.17) is 4.74 Å². The molecule has 2 aromatic carbocycles. The fourth-order valence-electron chi connectivity index (χ4n) is 3.32. The van der Waals surface area contributed by atoms with Crippen molar-refractivity contribution in [3.8, 4) is 0 Å². The Morgan fingerprint density at radius 3 is 2.52 bits per heavy atom. The highest BCUT2D eigenvalue weighted by Crippen LogP contribution is 2.14. The number of nitrogens with one attached hydrogen (secondary N) is 2. The van der Waals surface area contributed by atoms with E-state index in [-0.39, 0.29) is 18.4 Å². The number of sulfonamides is 1. The van der Waals surface area contributed by atoms with Crippen molar-refractivity contribution in [2.75, 3.05) is 37.2 Å². The van der Waals surface area contributed by atoms with Gasteiger partial charge in [0.1, 0.15) is 0 Å². The van der Waals surface area contributed by atoms with Gasteiger partial charge in [-0.1, -0.05) is 18.2 Å². The molecule has 0 bridgehead atoms. The lowest BCUT2D eigenvalue weighted by atomic mass is 10.1. The van der Waals surface area contributed by atoms with Crippen LogP contribution in [0.25, 0.3) is 0 Å². The van der Waals surface area contributed by atoms with E-state index in [0.29, 0.717) is 44.0 Å². The van der Waals surface area contributed by atoms with Crippen LogP contribution < -0.4 is 10.0 Å². The number of amides is 1. The van der Waals surface area contributed by atoms with Crippen LogP contribution in [0.1, 0.15) is 11.1 Å². The molecule has 2 aromatic rings. The van der Waals surface area contributed by atoms with E-state index >= 15 is 0 Å². The third-order valence-corrected chi connectivity index (χ3v) is 5.37. The second-order valence-electron chi connectivity index (χ2n) is 7.53. The average molecular weight is 454 g/mol. The first-order valence-corrected chi connectivity index (χ1v) is 11.7. The maximum Gasteiger partial charge on any atom is 0.229 e. The number of carbonyl (C=O) groups is 1. The van der Waals surface area contributed by atoms with E-state index in [9.17, 15) is 22.0 Å². The zero-order valence-corrected chi connectivity index (χ0v) is 17.9. The Kier molecular flexibility index (Phi) is 7.58. The molecule has 0 radical (unpaired) electrons. The van der Waals surface area contributed by atoms with Crippen LogP contribution in [0.4, 0.5) is 14.5 Å². The molecule has 1 aliphatic rings. The molecule has 1 fully saturated rings. The van der Waals surface area contributed by atoms with Gasteiger partial charge in [-0.05, 0) is 35.4 Å². The molecule has 3 rings (SSSR count). The highest BCUT2D eigenvalue weighted by molar-refractivity contribution is 7.92. The minimum atomic E-state index is -3.35. The van der Waals surface area contributed by atoms with Crippen molar-refractivity contribution in [1.29, 1.82) is 0 Å². The van der Waals surface area contributed by atoms with Gasteiger partial charge in [0.2, 0.25) is 15.9 Å². The highest BCUT2D eigenvalue weighted by Gasteiger charge is 2.21. The van der Waals surface area contributed by atoms with Crippen LogP contribution in [-0.2, 0) is 32.5 Å². The Labute approximate surface area is 180 Å². The molecule has 1 aliphatic heterocycles. The smallest absolute Gasteiger partial charge is 0.229 e. The summed E-state index contributed by atoms with van der Waals surface area (Å²) < 4.78 is 57.0. The molecular weight excluding hydrogens is 428 g/mol. The van der Waals surface area contributed by atoms with Crippen molar-refractivity contribution < 1.29 is 26.7 Å². The largest absolute Gasteiger partial charge is 0.374 e. The SMILES string of the molecule is CS(=O)(=O)Nc1ccc(CC(=O)NCC2CN(Cc3ccc(F)c(F)c3)CCO2)cc1. The molecule has 1 atom stereocenters. The Balaban J connectivity index is 1.44. The summed E-state index contributed by atoms with van der Waals surface area (Å²) in [6.45, 7) is 2.52. The molecule has 2 N–H and O–H groups in total. The van der Waals surface area contributed by atoms with Crippen molar-refractivity contribution in [1.82, 2.24) is 10.2 Å². The topological polar surface area (TPSA) is 87.7 Å². The maximum absolute atomic E-state index is 13.4. The van der Waals surface area contributed by atoms with Crippen LogP contribution in [0.5, 0.6) is 0 Å². The Morgan fingerprint density at radius 2 is 1.84 bits per heavy atom. The molecular formula is C21H25F2N3O4S. The minimum Gasteiger partial charge on any atom is -0.374 e. The van der Waals surface area contributed by atoms with Crippen LogP contribution in [0, 0.1) is 11.6 Å². The standard InChI is InChI=1S/C21H25F2N3O4S/c1-31(28,29)25-17-5-2-15(3-6-17)11-21(27)24-12-18-14-26(8-9-30-18)13-16-4-7-19(22)20(23)10-16/h2-7,10,18,25H,8-9,11-14H2,1H3,(H,24,27). The molecule has 1 amide bonds. The fraction of sp³-hybridized carbons (Fsp3) is 0.381. The summed E-state index contributed by atoms with van der Waals surface area (Å²) in [5.41, 5.74) is 1.86. The first-order valence-electron chi connectivity index (χ1n) is 9.79. The van der Waals surface area contributed by atoms with Crippen molar-refractivity contribution >= 4 is 21.6 Å². The van der Waals surface area contributed by atoms with Crippen LogP contribution >= 0.6 is 0 Å². The lowest BCUT2D eigenvalue weighted by molar-refractivity contribution is -0.121. The molecule has 1 heterocycles. The summed E-state index contributed by atoms with van der Waals surface area (Å²) in [6, 6.07) is 10.4. The van der Waals surface area contributed by atoms with Gasteiger partial charge in [0, 0.05) is 31.9 Å². The minimum absolute atomic E-state index is 0.157. The monoisotopic (exact) mass is 453 g/mol. The first kappa shape index (κ1) is 23.1. The van der Waals surface area contributed by atoms with E-state index in [2.05, 4.69) is 14.9 Å². The molecule has 1 unspecified atom stereocenters. The normalized spacial score (nSPS) is 17.3. The van der Waals surface area contributed by atoms with Gasteiger partial charge in [-0.2, -0.15) is 0 Å². The fourth-order valence-corrected chi connectivity index (χ4v) is 3.89. The number of morpholine rings is 1. The van der Waals surface area contributed by atoms with Crippen LogP contribution in [0.3, 0.4) is 0 Å². The molecule has 10 heteroatoms. The number of hydrogen-bond acceptors (Lipinski definition) is 5. The number of ether oxygens (including phenoxy) is 1.